The molecule has 68 valence electrons. The molecule has 0 amide bonds. The Balaban J connectivity index is 2.74. The van der Waals surface area contributed by atoms with E-state index in [1.807, 2.05) is 0 Å². The highest BCUT2D eigenvalue weighted by Gasteiger charge is 2.47. The summed E-state index contributed by atoms with van der Waals surface area (Å²) in [6, 6.07) is 0. The molecule has 0 aliphatic heterocycles. The van der Waals surface area contributed by atoms with Crippen LogP contribution in [0.3, 0.4) is 0 Å². The van der Waals surface area contributed by atoms with Gasteiger partial charge in [0.25, 0.3) is 0 Å². The number of hydrogen-bond donors (Lipinski definition) is 0. The minimum absolute atomic E-state index is 0.0363. The zero-order valence-electron chi connectivity index (χ0n) is 6.15. The summed E-state index contributed by atoms with van der Waals surface area (Å²) >= 11 is 0. The molecule has 0 saturated heterocycles. The van der Waals surface area contributed by atoms with Crippen LogP contribution in [-0.2, 0) is 9.59 Å². The Morgan fingerprint density at radius 3 is 2.17 bits per heavy atom. The van der Waals surface area contributed by atoms with Crippen LogP contribution in [0.5, 0.6) is 0 Å². The molecule has 0 aromatic carbocycles. The van der Waals surface area contributed by atoms with Gasteiger partial charge in [0.05, 0.1) is 0 Å². The molecule has 1 saturated carbocycles. The summed E-state index contributed by atoms with van der Waals surface area (Å²) in [6.45, 7) is 0. The van der Waals surface area contributed by atoms with E-state index in [0.717, 1.165) is 0 Å². The summed E-state index contributed by atoms with van der Waals surface area (Å²) in [5, 5.41) is 0. The fraction of sp³-hybridized carbons (Fsp3) is 0.714. The van der Waals surface area contributed by atoms with Gasteiger partial charge in [-0.25, -0.2) is 0 Å². The van der Waals surface area contributed by atoms with E-state index >= 15 is 0 Å². The van der Waals surface area contributed by atoms with Crippen LogP contribution in [0, 0.1) is 5.92 Å². The third kappa shape index (κ3) is 1.84. The minimum atomic E-state index is -4.55. The van der Waals surface area contributed by atoms with E-state index in [-0.39, 0.29) is 12.8 Å². The molecule has 1 atom stereocenters. The van der Waals surface area contributed by atoms with Crippen molar-refractivity contribution in [1.29, 1.82) is 0 Å². The lowest BCUT2D eigenvalue weighted by atomic mass is 9.87. The molecule has 2 nitrogen and oxygen atoms in total. The first-order chi connectivity index (χ1) is 5.41. The van der Waals surface area contributed by atoms with E-state index in [1.54, 1.807) is 0 Å². The number of carbonyl (C=O) groups is 2. The Morgan fingerprint density at radius 2 is 1.75 bits per heavy atom. The normalized spacial score (nSPS) is 26.1. The maximum Gasteiger partial charge on any atom is 0.399 e. The summed E-state index contributed by atoms with van der Waals surface area (Å²) in [4.78, 5) is 21.3. The quantitative estimate of drug-likeness (QED) is 0.565. The lowest BCUT2D eigenvalue weighted by Crippen LogP contribution is -2.36. The second-order valence-corrected chi connectivity index (χ2v) is 2.80. The number of rotatable bonds is 0. The molecule has 1 aliphatic rings. The number of Topliss-reactive ketones (excluding diaryl/α,β-unsaturated/α-hetero) is 2. The average molecular weight is 180 g/mol. The summed E-state index contributed by atoms with van der Waals surface area (Å²) < 4.78 is 36.0. The van der Waals surface area contributed by atoms with Crippen LogP contribution < -0.4 is 0 Å². The Labute approximate surface area is 66.7 Å². The first kappa shape index (κ1) is 9.22. The van der Waals surface area contributed by atoms with Gasteiger partial charge in [-0.05, 0) is 0 Å². The van der Waals surface area contributed by atoms with E-state index in [2.05, 4.69) is 0 Å². The van der Waals surface area contributed by atoms with Crippen molar-refractivity contribution in [2.45, 2.75) is 25.4 Å². The van der Waals surface area contributed by atoms with Crippen molar-refractivity contribution in [3.8, 4) is 0 Å². The number of ketones is 2. The molecule has 1 rings (SSSR count). The summed E-state index contributed by atoms with van der Waals surface area (Å²) in [5.74, 6) is -3.38. The second-order valence-electron chi connectivity index (χ2n) is 2.80. The Kier molecular flexibility index (Phi) is 2.21. The lowest BCUT2D eigenvalue weighted by molar-refractivity contribution is -0.186. The monoisotopic (exact) mass is 180 g/mol. The van der Waals surface area contributed by atoms with Crippen molar-refractivity contribution in [1.82, 2.24) is 0 Å². The number of halogens is 3. The average Bonchev–Trinajstić information content (AvgIpc) is 1.92. The predicted octanol–water partition coefficient (Wildman–Crippen LogP) is 1.49. The van der Waals surface area contributed by atoms with Crippen LogP contribution in [0.1, 0.15) is 19.3 Å². The topological polar surface area (TPSA) is 34.1 Å². The van der Waals surface area contributed by atoms with Crippen molar-refractivity contribution >= 4 is 11.6 Å². The van der Waals surface area contributed by atoms with E-state index in [4.69, 9.17) is 0 Å². The van der Waals surface area contributed by atoms with Gasteiger partial charge in [0.2, 0.25) is 0 Å². The highest BCUT2D eigenvalue weighted by Crippen LogP contribution is 2.33. The van der Waals surface area contributed by atoms with Crippen LogP contribution in [0.4, 0.5) is 13.2 Å². The van der Waals surface area contributed by atoms with Crippen LogP contribution in [0.15, 0.2) is 0 Å². The van der Waals surface area contributed by atoms with Gasteiger partial charge in [-0.1, -0.05) is 0 Å². The van der Waals surface area contributed by atoms with Crippen molar-refractivity contribution in [2.75, 3.05) is 0 Å². The maximum atomic E-state index is 12.0. The SMILES string of the molecule is O=C1CCC(=O)C(C(F)(F)F)C1. The summed E-state index contributed by atoms with van der Waals surface area (Å²) in [5.41, 5.74) is 0. The first-order valence-corrected chi connectivity index (χ1v) is 3.52. The number of hydrogen-bond acceptors (Lipinski definition) is 2. The molecule has 0 radical (unpaired) electrons. The molecule has 1 unspecified atom stereocenters. The molecular formula is C7H7F3O2. The van der Waals surface area contributed by atoms with Gasteiger partial charge in [-0.2, -0.15) is 13.2 Å². The molecule has 0 aromatic heterocycles. The van der Waals surface area contributed by atoms with E-state index in [9.17, 15) is 22.8 Å². The Hall–Kier alpha value is -0.870. The van der Waals surface area contributed by atoms with Crippen molar-refractivity contribution < 1.29 is 22.8 Å². The molecule has 0 N–H and O–H groups in total. The van der Waals surface area contributed by atoms with Gasteiger partial charge in [0.15, 0.2) is 0 Å². The van der Waals surface area contributed by atoms with E-state index in [0.29, 0.717) is 0 Å². The number of carbonyl (C=O) groups excluding carboxylic acids is 2. The third-order valence-corrected chi connectivity index (χ3v) is 1.87. The highest BCUT2D eigenvalue weighted by molar-refractivity contribution is 5.95. The summed E-state index contributed by atoms with van der Waals surface area (Å²) in [7, 11) is 0. The smallest absolute Gasteiger partial charge is 0.300 e. The van der Waals surface area contributed by atoms with Gasteiger partial charge in [0, 0.05) is 19.3 Å². The van der Waals surface area contributed by atoms with E-state index < -0.39 is 30.1 Å². The van der Waals surface area contributed by atoms with Gasteiger partial charge < -0.3 is 0 Å². The fourth-order valence-corrected chi connectivity index (χ4v) is 1.18. The minimum Gasteiger partial charge on any atom is -0.300 e. The molecule has 0 aromatic rings. The van der Waals surface area contributed by atoms with Crippen LogP contribution in [0.25, 0.3) is 0 Å². The molecule has 0 spiro atoms. The largest absolute Gasteiger partial charge is 0.399 e. The van der Waals surface area contributed by atoms with Crippen LogP contribution in [0.2, 0.25) is 0 Å². The molecule has 5 heteroatoms. The first-order valence-electron chi connectivity index (χ1n) is 3.52. The Morgan fingerprint density at radius 1 is 1.17 bits per heavy atom. The van der Waals surface area contributed by atoms with Gasteiger partial charge in [-0.15, -0.1) is 0 Å². The molecule has 0 bridgehead atoms. The van der Waals surface area contributed by atoms with Crippen molar-refractivity contribution in [2.24, 2.45) is 5.92 Å². The molecule has 1 aliphatic carbocycles. The highest BCUT2D eigenvalue weighted by atomic mass is 19.4. The zero-order valence-corrected chi connectivity index (χ0v) is 6.15. The van der Waals surface area contributed by atoms with Gasteiger partial charge in [-0.3, -0.25) is 9.59 Å². The zero-order chi connectivity index (χ0) is 9.35. The van der Waals surface area contributed by atoms with Crippen molar-refractivity contribution in [3.63, 3.8) is 0 Å². The lowest BCUT2D eigenvalue weighted by Gasteiger charge is -2.21. The molecule has 12 heavy (non-hydrogen) atoms. The van der Waals surface area contributed by atoms with Crippen LogP contribution in [-0.4, -0.2) is 17.7 Å². The maximum absolute atomic E-state index is 12.0. The third-order valence-electron chi connectivity index (χ3n) is 1.87. The van der Waals surface area contributed by atoms with Gasteiger partial charge >= 0.3 is 6.18 Å². The van der Waals surface area contributed by atoms with E-state index in [1.165, 1.54) is 0 Å². The summed E-state index contributed by atoms with van der Waals surface area (Å²) in [6.07, 6.45) is -5.51. The predicted molar refractivity (Wildman–Crippen MR) is 33.4 cm³/mol. The van der Waals surface area contributed by atoms with Crippen LogP contribution >= 0.6 is 0 Å². The molecule has 0 heterocycles. The van der Waals surface area contributed by atoms with Gasteiger partial charge in [0.1, 0.15) is 17.5 Å². The Bertz CT molecular complexity index is 219. The second kappa shape index (κ2) is 2.88. The molecule has 1 fully saturated rings. The standard InChI is InChI=1S/C7H7F3O2/c8-7(9,10)5-3-4(11)1-2-6(5)12/h5H,1-3H2. The van der Waals surface area contributed by atoms with Crippen molar-refractivity contribution in [3.05, 3.63) is 0 Å². The fourth-order valence-electron chi connectivity index (χ4n) is 1.18. The number of alkyl halides is 3. The molecular weight excluding hydrogens is 173 g/mol.